The number of pyridine rings is 1. The van der Waals surface area contributed by atoms with Gasteiger partial charge in [0.2, 0.25) is 0 Å². The number of nitrogens with zero attached hydrogens (tertiary/aromatic N) is 4. The van der Waals surface area contributed by atoms with Crippen LogP contribution in [0, 0.1) is 12.7 Å². The molecule has 11 heteroatoms. The van der Waals surface area contributed by atoms with Gasteiger partial charge in [0.25, 0.3) is 5.56 Å². The number of amides is 1. The van der Waals surface area contributed by atoms with Crippen molar-refractivity contribution < 1.29 is 18.7 Å². The maximum Gasteiger partial charge on any atom is 0.416 e. The zero-order valence-corrected chi connectivity index (χ0v) is 18.9. The molecule has 1 fully saturated rings. The van der Waals surface area contributed by atoms with Crippen molar-refractivity contribution in [2.75, 3.05) is 43.0 Å². The molecule has 178 valence electrons. The van der Waals surface area contributed by atoms with Crippen molar-refractivity contribution in [3.63, 3.8) is 0 Å². The molecule has 4 heterocycles. The molecule has 0 spiro atoms. The Labute approximate surface area is 194 Å². The fourth-order valence-electron chi connectivity index (χ4n) is 4.33. The maximum absolute atomic E-state index is 14.6. The third-order valence-corrected chi connectivity index (χ3v) is 6.01. The molecule has 2 N–H and O–H groups in total. The first-order chi connectivity index (χ1) is 16.4. The molecule has 0 radical (unpaired) electrons. The Hall–Kier alpha value is -3.73. The fourth-order valence-corrected chi connectivity index (χ4v) is 4.33. The van der Waals surface area contributed by atoms with Gasteiger partial charge in [0, 0.05) is 19.2 Å². The van der Waals surface area contributed by atoms with E-state index in [-0.39, 0.29) is 17.5 Å². The Morgan fingerprint density at radius 3 is 2.94 bits per heavy atom. The Kier molecular flexibility index (Phi) is 5.78. The largest absolute Gasteiger partial charge is 0.488 e. The highest BCUT2D eigenvalue weighted by atomic mass is 19.1. The van der Waals surface area contributed by atoms with Gasteiger partial charge in [-0.15, -0.1) is 0 Å². The molecular formula is C23H25FN6O4. The molecule has 1 saturated heterocycles. The summed E-state index contributed by atoms with van der Waals surface area (Å²) in [6, 6.07) is 6.46. The number of aryl methyl sites for hydroxylation is 2. The van der Waals surface area contributed by atoms with Gasteiger partial charge in [-0.3, -0.25) is 9.69 Å². The lowest BCUT2D eigenvalue weighted by atomic mass is 10.1. The van der Waals surface area contributed by atoms with E-state index in [0.717, 1.165) is 0 Å². The number of ether oxygens (including phenoxy) is 2. The van der Waals surface area contributed by atoms with Crippen LogP contribution in [0.2, 0.25) is 0 Å². The van der Waals surface area contributed by atoms with E-state index in [1.54, 1.807) is 32.2 Å². The summed E-state index contributed by atoms with van der Waals surface area (Å²) in [7, 11) is 1.62. The van der Waals surface area contributed by atoms with E-state index in [4.69, 9.17) is 9.47 Å². The van der Waals surface area contributed by atoms with Crippen molar-refractivity contribution in [3.8, 4) is 5.75 Å². The number of aromatic nitrogens is 3. The normalized spacial score (nSPS) is 17.3. The third kappa shape index (κ3) is 4.03. The van der Waals surface area contributed by atoms with Gasteiger partial charge < -0.3 is 24.7 Å². The minimum absolute atomic E-state index is 0.247. The zero-order valence-electron chi connectivity index (χ0n) is 18.9. The first-order valence-corrected chi connectivity index (χ1v) is 11.1. The van der Waals surface area contributed by atoms with Crippen molar-refractivity contribution in [3.05, 3.63) is 51.7 Å². The van der Waals surface area contributed by atoms with E-state index in [1.807, 2.05) is 0 Å². The average molecular weight is 468 g/mol. The van der Waals surface area contributed by atoms with Crippen LogP contribution in [0.4, 0.5) is 20.8 Å². The second-order valence-corrected chi connectivity index (χ2v) is 8.32. The van der Waals surface area contributed by atoms with Gasteiger partial charge in [-0.1, -0.05) is 0 Å². The minimum atomic E-state index is -0.465. The molecule has 1 unspecified atom stereocenters. The molecule has 34 heavy (non-hydrogen) atoms. The molecule has 0 aliphatic carbocycles. The molecule has 5 rings (SSSR count). The van der Waals surface area contributed by atoms with Gasteiger partial charge in [-0.2, -0.15) is 0 Å². The van der Waals surface area contributed by atoms with Crippen LogP contribution >= 0.6 is 0 Å². The quantitative estimate of drug-likeness (QED) is 0.527. The van der Waals surface area contributed by atoms with Crippen LogP contribution in [-0.2, 0) is 18.2 Å². The summed E-state index contributed by atoms with van der Waals surface area (Å²) in [5, 5.41) is 6.38. The predicted molar refractivity (Wildman–Crippen MR) is 124 cm³/mol. The summed E-state index contributed by atoms with van der Waals surface area (Å²) >= 11 is 0. The Morgan fingerprint density at radius 2 is 2.09 bits per heavy atom. The smallest absolute Gasteiger partial charge is 0.416 e. The van der Waals surface area contributed by atoms with E-state index in [0.29, 0.717) is 78.9 Å². The van der Waals surface area contributed by atoms with Crippen LogP contribution in [0.5, 0.6) is 5.75 Å². The van der Waals surface area contributed by atoms with Crippen LogP contribution in [0.1, 0.15) is 11.3 Å². The molecule has 2 aliphatic rings. The summed E-state index contributed by atoms with van der Waals surface area (Å²) in [5.41, 5.74) is 1.62. The Bertz CT molecular complexity index is 1330. The highest BCUT2D eigenvalue weighted by Crippen LogP contribution is 2.29. The molecule has 1 atom stereocenters. The van der Waals surface area contributed by atoms with E-state index >= 15 is 0 Å². The lowest BCUT2D eigenvalue weighted by Crippen LogP contribution is -2.32. The number of cyclic esters (lactones) is 1. The Morgan fingerprint density at radius 1 is 1.24 bits per heavy atom. The lowest BCUT2D eigenvalue weighted by Gasteiger charge is -2.20. The molecule has 2 aliphatic heterocycles. The second kappa shape index (κ2) is 8.90. The molecule has 1 amide bonds. The molecule has 2 aromatic heterocycles. The van der Waals surface area contributed by atoms with Crippen molar-refractivity contribution >= 4 is 28.8 Å². The Balaban J connectivity index is 1.22. The van der Waals surface area contributed by atoms with Crippen LogP contribution in [0.15, 0.2) is 29.1 Å². The summed E-state index contributed by atoms with van der Waals surface area (Å²) in [4.78, 5) is 34.9. The first-order valence-electron chi connectivity index (χ1n) is 11.1. The summed E-state index contributed by atoms with van der Waals surface area (Å²) in [6.07, 6.45) is -0.489. The van der Waals surface area contributed by atoms with Gasteiger partial charge >= 0.3 is 6.09 Å². The molecule has 0 bridgehead atoms. The molecular weight excluding hydrogens is 443 g/mol. The van der Waals surface area contributed by atoms with Crippen LogP contribution in [0.3, 0.4) is 0 Å². The monoisotopic (exact) mass is 468 g/mol. The van der Waals surface area contributed by atoms with E-state index in [1.165, 1.54) is 15.5 Å². The van der Waals surface area contributed by atoms with Crippen molar-refractivity contribution in [1.82, 2.24) is 19.9 Å². The first kappa shape index (κ1) is 22.1. The van der Waals surface area contributed by atoms with Crippen LogP contribution in [0.25, 0.3) is 11.0 Å². The van der Waals surface area contributed by atoms with Crippen molar-refractivity contribution in [2.45, 2.75) is 19.4 Å². The number of hydrogen-bond acceptors (Lipinski definition) is 8. The predicted octanol–water partition coefficient (Wildman–Crippen LogP) is 1.74. The summed E-state index contributed by atoms with van der Waals surface area (Å²) in [5.74, 6) is 1.37. The van der Waals surface area contributed by atoms with E-state index in [9.17, 15) is 14.0 Å². The third-order valence-electron chi connectivity index (χ3n) is 6.01. The molecule has 0 saturated carbocycles. The van der Waals surface area contributed by atoms with Gasteiger partial charge in [-0.25, -0.2) is 19.2 Å². The summed E-state index contributed by atoms with van der Waals surface area (Å²) < 4.78 is 27.0. The number of anilines is 2. The number of fused-ring (bicyclic) bond motifs is 2. The number of nitrogens with one attached hydrogen (secondary N) is 2. The molecule has 10 nitrogen and oxygen atoms in total. The van der Waals surface area contributed by atoms with Crippen LogP contribution < -0.4 is 25.8 Å². The minimum Gasteiger partial charge on any atom is -0.488 e. The van der Waals surface area contributed by atoms with E-state index in [2.05, 4.69) is 20.6 Å². The fraction of sp³-hybridized carbons (Fsp3) is 0.391. The highest BCUT2D eigenvalue weighted by molar-refractivity contribution is 5.89. The number of benzene rings is 1. The highest BCUT2D eigenvalue weighted by Gasteiger charge is 2.33. The van der Waals surface area contributed by atoms with Crippen LogP contribution in [-0.4, -0.2) is 59.5 Å². The number of halogens is 1. The van der Waals surface area contributed by atoms with Crippen molar-refractivity contribution in [1.29, 1.82) is 0 Å². The average Bonchev–Trinajstić information content (AvgIpc) is 3.21. The van der Waals surface area contributed by atoms with Gasteiger partial charge in [0.15, 0.2) is 11.6 Å². The summed E-state index contributed by atoms with van der Waals surface area (Å²) in [6.45, 7) is 4.05. The van der Waals surface area contributed by atoms with Gasteiger partial charge in [0.1, 0.15) is 30.0 Å². The van der Waals surface area contributed by atoms with E-state index < -0.39 is 6.09 Å². The zero-order chi connectivity index (χ0) is 23.8. The van der Waals surface area contributed by atoms with Gasteiger partial charge in [0.05, 0.1) is 24.1 Å². The SMILES string of the molecule is Cc1nc2ccc(F)c(CCNCC3CN(c4ccc5c(n4)NCCO5)C(=O)O3)c2n(C)c1=O. The maximum atomic E-state index is 14.6. The lowest BCUT2D eigenvalue weighted by molar-refractivity contribution is 0.140. The van der Waals surface area contributed by atoms with Crippen molar-refractivity contribution in [2.24, 2.45) is 7.05 Å². The van der Waals surface area contributed by atoms with Gasteiger partial charge in [-0.05, 0) is 44.2 Å². The standard InChI is InChI=1S/C23H25FN6O4/c1-13-22(31)29(2)20-15(16(24)3-4-17(20)27-13)7-8-25-11-14-12-30(23(32)34-14)19-6-5-18-21(28-19)26-9-10-33-18/h3-6,14,25H,7-12H2,1-2H3,(H,26,28). The molecule has 3 aromatic rings. The number of carbonyl (C=O) groups is 1. The number of carbonyl (C=O) groups excluding carboxylic acids is 1. The topological polar surface area (TPSA) is 111 Å². The number of hydrogen-bond donors (Lipinski definition) is 2. The second-order valence-electron chi connectivity index (χ2n) is 8.32. The number of rotatable bonds is 6. The molecule has 1 aromatic carbocycles.